The molecular weight excluding hydrogens is 370 g/mol. The summed E-state index contributed by atoms with van der Waals surface area (Å²) in [5.74, 6) is -0.520. The fraction of sp³-hybridized carbons (Fsp3) is 0.167. The highest BCUT2D eigenvalue weighted by Crippen LogP contribution is 2.28. The van der Waals surface area contributed by atoms with Crippen molar-refractivity contribution in [3.63, 3.8) is 0 Å². The van der Waals surface area contributed by atoms with Crippen LogP contribution in [0.4, 0.5) is 5.13 Å². The van der Waals surface area contributed by atoms with Crippen molar-refractivity contribution in [1.29, 1.82) is 0 Å². The fourth-order valence-electron chi connectivity index (χ4n) is 2.21. The van der Waals surface area contributed by atoms with Gasteiger partial charge in [-0.1, -0.05) is 53.4 Å². The van der Waals surface area contributed by atoms with Crippen LogP contribution in [0.3, 0.4) is 0 Å². The molecule has 134 valence electrons. The number of ketones is 1. The minimum Gasteiger partial charge on any atom is -0.504 e. The number of phenols is 2. The molecule has 26 heavy (non-hydrogen) atoms. The largest absolute Gasteiger partial charge is 0.504 e. The van der Waals surface area contributed by atoms with Gasteiger partial charge in [0.15, 0.2) is 21.6 Å². The monoisotopic (exact) mass is 387 g/mol. The van der Waals surface area contributed by atoms with E-state index in [4.69, 9.17) is 0 Å². The van der Waals surface area contributed by atoms with E-state index in [0.29, 0.717) is 9.90 Å². The number of nitrogens with zero attached hydrogens (tertiary/aromatic N) is 2. The molecule has 3 aromatic rings. The number of hydrogen-bond acceptors (Lipinski definition) is 8. The van der Waals surface area contributed by atoms with Crippen LogP contribution in [0, 0.1) is 0 Å². The van der Waals surface area contributed by atoms with Crippen molar-refractivity contribution in [2.24, 2.45) is 0 Å². The highest BCUT2D eigenvalue weighted by atomic mass is 32.2. The molecule has 0 atom stereocenters. The first-order valence-corrected chi connectivity index (χ1v) is 9.71. The number of thioether (sulfide) groups is 1. The predicted molar refractivity (Wildman–Crippen MR) is 103 cm³/mol. The molecule has 3 N–H and O–H groups in total. The number of carbonyl (C=O) groups is 1. The quantitative estimate of drug-likeness (QED) is 0.309. The van der Waals surface area contributed by atoms with Gasteiger partial charge in [0.2, 0.25) is 5.13 Å². The number of anilines is 1. The van der Waals surface area contributed by atoms with Gasteiger partial charge in [0.1, 0.15) is 0 Å². The van der Waals surface area contributed by atoms with Crippen LogP contribution in [0.1, 0.15) is 15.9 Å². The third kappa shape index (κ3) is 4.96. The van der Waals surface area contributed by atoms with E-state index in [-0.39, 0.29) is 23.0 Å². The maximum Gasteiger partial charge on any atom is 0.206 e. The molecule has 1 heterocycles. The summed E-state index contributed by atoms with van der Waals surface area (Å²) in [5.41, 5.74) is 1.60. The van der Waals surface area contributed by atoms with E-state index < -0.39 is 0 Å². The van der Waals surface area contributed by atoms with Crippen molar-refractivity contribution in [3.05, 3.63) is 59.7 Å². The van der Waals surface area contributed by atoms with Gasteiger partial charge in [0.25, 0.3) is 0 Å². The van der Waals surface area contributed by atoms with E-state index in [9.17, 15) is 15.0 Å². The molecule has 0 saturated heterocycles. The number of aromatic hydroxyl groups is 2. The van der Waals surface area contributed by atoms with Gasteiger partial charge >= 0.3 is 0 Å². The van der Waals surface area contributed by atoms with Crippen molar-refractivity contribution in [3.8, 4) is 11.5 Å². The summed E-state index contributed by atoms with van der Waals surface area (Å²) >= 11 is 2.69. The molecule has 6 nitrogen and oxygen atoms in total. The highest BCUT2D eigenvalue weighted by molar-refractivity contribution is 8.01. The third-order valence-electron chi connectivity index (χ3n) is 3.56. The van der Waals surface area contributed by atoms with Crippen molar-refractivity contribution < 1.29 is 15.0 Å². The van der Waals surface area contributed by atoms with Crippen LogP contribution in [-0.2, 0) is 6.42 Å². The molecule has 1 aromatic heterocycles. The van der Waals surface area contributed by atoms with E-state index in [0.717, 1.165) is 18.1 Å². The summed E-state index contributed by atoms with van der Waals surface area (Å²) in [6.45, 7) is 0.759. The van der Waals surface area contributed by atoms with Crippen LogP contribution in [0.5, 0.6) is 11.5 Å². The van der Waals surface area contributed by atoms with Crippen LogP contribution >= 0.6 is 23.1 Å². The molecule has 2 aromatic carbocycles. The molecule has 0 radical (unpaired) electrons. The van der Waals surface area contributed by atoms with E-state index in [1.54, 1.807) is 0 Å². The molecule has 0 saturated carbocycles. The second kappa shape index (κ2) is 8.68. The summed E-state index contributed by atoms with van der Waals surface area (Å²) in [5, 5.41) is 30.8. The van der Waals surface area contributed by atoms with Crippen molar-refractivity contribution in [2.45, 2.75) is 10.8 Å². The normalized spacial score (nSPS) is 10.6. The maximum absolute atomic E-state index is 12.1. The SMILES string of the molecule is O=C(CSc1nnc(NCCc2ccccc2)s1)c1ccc(O)c(O)c1. The zero-order valence-corrected chi connectivity index (χ0v) is 15.4. The number of phenolic OH excluding ortho intramolecular Hbond substituents is 2. The zero-order valence-electron chi connectivity index (χ0n) is 13.8. The van der Waals surface area contributed by atoms with E-state index in [1.165, 1.54) is 46.9 Å². The van der Waals surface area contributed by atoms with E-state index >= 15 is 0 Å². The third-order valence-corrected chi connectivity index (χ3v) is 5.58. The second-order valence-corrected chi connectivity index (χ2v) is 7.65. The lowest BCUT2D eigenvalue weighted by Gasteiger charge is -2.02. The summed E-state index contributed by atoms with van der Waals surface area (Å²) in [6, 6.07) is 14.2. The maximum atomic E-state index is 12.1. The van der Waals surface area contributed by atoms with Crippen LogP contribution in [0.25, 0.3) is 0 Å². The minimum atomic E-state index is -0.304. The minimum absolute atomic E-state index is 0.154. The molecule has 3 rings (SSSR count). The lowest BCUT2D eigenvalue weighted by Crippen LogP contribution is -2.04. The Labute approximate surface area is 158 Å². The highest BCUT2D eigenvalue weighted by Gasteiger charge is 2.12. The molecule has 0 aliphatic heterocycles. The second-order valence-electron chi connectivity index (χ2n) is 5.45. The van der Waals surface area contributed by atoms with Crippen molar-refractivity contribution >= 4 is 34.0 Å². The fourth-order valence-corrected chi connectivity index (χ4v) is 3.88. The van der Waals surface area contributed by atoms with Gasteiger partial charge in [-0.05, 0) is 30.2 Å². The first-order chi connectivity index (χ1) is 12.6. The number of nitrogens with one attached hydrogen (secondary N) is 1. The number of rotatable bonds is 8. The Bertz CT molecular complexity index is 884. The Balaban J connectivity index is 1.47. The van der Waals surface area contributed by atoms with Gasteiger partial charge in [-0.25, -0.2) is 0 Å². The Hall–Kier alpha value is -2.58. The molecule has 0 spiro atoms. The number of Topliss-reactive ketones (excluding diaryl/α,β-unsaturated/α-hetero) is 1. The summed E-state index contributed by atoms with van der Waals surface area (Å²) in [7, 11) is 0. The molecule has 0 amide bonds. The van der Waals surface area contributed by atoms with Crippen molar-refractivity contribution in [1.82, 2.24) is 10.2 Å². The summed E-state index contributed by atoms with van der Waals surface area (Å²) < 4.78 is 0.698. The Kier molecular flexibility index (Phi) is 6.08. The Morgan fingerprint density at radius 1 is 1.08 bits per heavy atom. The van der Waals surface area contributed by atoms with Gasteiger partial charge < -0.3 is 15.5 Å². The number of aromatic nitrogens is 2. The van der Waals surface area contributed by atoms with Gasteiger partial charge in [-0.15, -0.1) is 10.2 Å². The average Bonchev–Trinajstić information content (AvgIpc) is 3.11. The molecule has 8 heteroatoms. The van der Waals surface area contributed by atoms with Crippen LogP contribution in [0.15, 0.2) is 52.9 Å². The zero-order chi connectivity index (χ0) is 18.4. The number of carbonyl (C=O) groups excluding carboxylic acids is 1. The lowest BCUT2D eigenvalue weighted by molar-refractivity contribution is 0.102. The van der Waals surface area contributed by atoms with Gasteiger partial charge in [-0.3, -0.25) is 4.79 Å². The van der Waals surface area contributed by atoms with Gasteiger partial charge in [0.05, 0.1) is 5.75 Å². The molecule has 0 aliphatic rings. The molecular formula is C18H17N3O3S2. The number of benzene rings is 2. The van der Waals surface area contributed by atoms with Gasteiger partial charge in [-0.2, -0.15) is 0 Å². The Morgan fingerprint density at radius 2 is 1.88 bits per heavy atom. The smallest absolute Gasteiger partial charge is 0.206 e. The Morgan fingerprint density at radius 3 is 2.65 bits per heavy atom. The standard InChI is InChI=1S/C18H17N3O3S2/c22-14-7-6-13(10-15(14)23)16(24)11-25-18-21-20-17(26-18)19-9-8-12-4-2-1-3-5-12/h1-7,10,22-23H,8-9,11H2,(H,19,20). The molecule has 0 fully saturated rings. The van der Waals surface area contributed by atoms with Crippen molar-refractivity contribution in [2.75, 3.05) is 17.6 Å². The van der Waals surface area contributed by atoms with Crippen LogP contribution < -0.4 is 5.32 Å². The number of hydrogen-bond donors (Lipinski definition) is 3. The first-order valence-electron chi connectivity index (χ1n) is 7.91. The summed E-state index contributed by atoms with van der Waals surface area (Å²) in [6.07, 6.45) is 0.895. The van der Waals surface area contributed by atoms with E-state index in [1.807, 2.05) is 18.2 Å². The molecule has 0 aliphatic carbocycles. The topological polar surface area (TPSA) is 95.3 Å². The van der Waals surface area contributed by atoms with Gasteiger partial charge in [0, 0.05) is 12.1 Å². The molecule has 0 unspecified atom stereocenters. The first kappa shape index (κ1) is 18.2. The average molecular weight is 387 g/mol. The van der Waals surface area contributed by atoms with Crippen LogP contribution in [-0.4, -0.2) is 38.5 Å². The summed E-state index contributed by atoms with van der Waals surface area (Å²) in [4.78, 5) is 12.1. The lowest BCUT2D eigenvalue weighted by atomic mass is 10.1. The van der Waals surface area contributed by atoms with Crippen LogP contribution in [0.2, 0.25) is 0 Å². The predicted octanol–water partition coefficient (Wildman–Crippen LogP) is 3.58. The van der Waals surface area contributed by atoms with E-state index in [2.05, 4.69) is 27.6 Å². The molecule has 0 bridgehead atoms.